The molecule has 0 spiro atoms. The second-order valence-corrected chi connectivity index (χ2v) is 4.97. The topological polar surface area (TPSA) is 41.6 Å². The molecule has 1 N–H and O–H groups in total. The van der Waals surface area contributed by atoms with Crippen molar-refractivity contribution in [1.82, 2.24) is 15.0 Å². The molecule has 3 nitrogen and oxygen atoms in total. The van der Waals surface area contributed by atoms with Crippen molar-refractivity contribution in [2.75, 3.05) is 0 Å². The Hall–Kier alpha value is -1.95. The number of pyridine rings is 1. The summed E-state index contributed by atoms with van der Waals surface area (Å²) in [7, 11) is 0. The summed E-state index contributed by atoms with van der Waals surface area (Å²) in [4.78, 5) is 11.4. The normalized spacial score (nSPS) is 11.1. The monoisotopic (exact) mass is 277 g/mol. The van der Waals surface area contributed by atoms with Crippen LogP contribution in [0, 0.1) is 11.6 Å². The average molecular weight is 277 g/mol. The molecule has 0 saturated heterocycles. The zero-order valence-electron chi connectivity index (χ0n) is 9.73. The lowest BCUT2D eigenvalue weighted by molar-refractivity contribution is 0.581. The van der Waals surface area contributed by atoms with Gasteiger partial charge in [0, 0.05) is 18.0 Å². The molecule has 0 unspecified atom stereocenters. The van der Waals surface area contributed by atoms with Gasteiger partial charge in [0.25, 0.3) is 0 Å². The van der Waals surface area contributed by atoms with E-state index in [9.17, 15) is 8.78 Å². The van der Waals surface area contributed by atoms with Crippen molar-refractivity contribution in [3.8, 4) is 0 Å². The summed E-state index contributed by atoms with van der Waals surface area (Å²) in [5.74, 6) is -0.684. The van der Waals surface area contributed by atoms with Gasteiger partial charge >= 0.3 is 0 Å². The molecule has 19 heavy (non-hydrogen) atoms. The van der Waals surface area contributed by atoms with E-state index >= 15 is 0 Å². The van der Waals surface area contributed by atoms with Gasteiger partial charge in [-0.3, -0.25) is 4.98 Å². The van der Waals surface area contributed by atoms with Gasteiger partial charge < -0.3 is 4.98 Å². The molecule has 0 aliphatic carbocycles. The van der Waals surface area contributed by atoms with Crippen LogP contribution in [0.4, 0.5) is 8.78 Å². The Kier molecular flexibility index (Phi) is 3.16. The number of aromatic nitrogens is 3. The zero-order valence-corrected chi connectivity index (χ0v) is 10.5. The SMILES string of the molecule is Fc1cc(F)cc(CSc2nc3ccncc3[nH]2)c1. The van der Waals surface area contributed by atoms with Crippen LogP contribution in [0.5, 0.6) is 0 Å². The molecule has 0 amide bonds. The fraction of sp³-hybridized carbons (Fsp3) is 0.0769. The molecule has 0 atom stereocenters. The zero-order chi connectivity index (χ0) is 13.2. The molecular weight excluding hydrogens is 268 g/mol. The summed E-state index contributed by atoms with van der Waals surface area (Å²) in [5.41, 5.74) is 2.25. The van der Waals surface area contributed by atoms with Gasteiger partial charge in [0.05, 0.1) is 17.2 Å². The lowest BCUT2D eigenvalue weighted by atomic mass is 10.2. The predicted molar refractivity (Wildman–Crippen MR) is 69.8 cm³/mol. The molecule has 3 rings (SSSR count). The van der Waals surface area contributed by atoms with Crippen LogP contribution >= 0.6 is 11.8 Å². The first kappa shape index (κ1) is 12.1. The van der Waals surface area contributed by atoms with Gasteiger partial charge in [-0.2, -0.15) is 0 Å². The van der Waals surface area contributed by atoms with Crippen LogP contribution < -0.4 is 0 Å². The van der Waals surface area contributed by atoms with E-state index in [0.29, 0.717) is 16.5 Å². The van der Waals surface area contributed by atoms with Gasteiger partial charge in [-0.25, -0.2) is 13.8 Å². The minimum atomic E-state index is -0.565. The highest BCUT2D eigenvalue weighted by Gasteiger charge is 2.05. The van der Waals surface area contributed by atoms with Gasteiger partial charge in [-0.1, -0.05) is 11.8 Å². The van der Waals surface area contributed by atoms with Crippen molar-refractivity contribution in [2.45, 2.75) is 10.9 Å². The number of rotatable bonds is 3. The number of fused-ring (bicyclic) bond motifs is 1. The van der Waals surface area contributed by atoms with Crippen molar-refractivity contribution in [3.05, 3.63) is 53.9 Å². The molecule has 1 aromatic carbocycles. The van der Waals surface area contributed by atoms with Crippen molar-refractivity contribution in [2.24, 2.45) is 0 Å². The van der Waals surface area contributed by atoms with E-state index in [1.807, 2.05) is 0 Å². The predicted octanol–water partition coefficient (Wildman–Crippen LogP) is 3.53. The van der Waals surface area contributed by atoms with Crippen LogP contribution in [0.1, 0.15) is 5.56 Å². The van der Waals surface area contributed by atoms with E-state index in [0.717, 1.165) is 17.1 Å². The van der Waals surface area contributed by atoms with Crippen molar-refractivity contribution < 1.29 is 8.78 Å². The summed E-state index contributed by atoms with van der Waals surface area (Å²) < 4.78 is 26.1. The highest BCUT2D eigenvalue weighted by molar-refractivity contribution is 7.98. The van der Waals surface area contributed by atoms with Gasteiger partial charge in [0.2, 0.25) is 0 Å². The first-order chi connectivity index (χ1) is 9.20. The van der Waals surface area contributed by atoms with Crippen LogP contribution in [-0.2, 0) is 5.75 Å². The lowest BCUT2D eigenvalue weighted by Crippen LogP contribution is -1.87. The molecule has 96 valence electrons. The van der Waals surface area contributed by atoms with Crippen molar-refractivity contribution >= 4 is 22.8 Å². The number of nitrogens with zero attached hydrogens (tertiary/aromatic N) is 2. The molecule has 0 bridgehead atoms. The summed E-state index contributed by atoms with van der Waals surface area (Å²) in [5, 5.41) is 0.702. The standard InChI is InChI=1S/C13H9F2N3S/c14-9-3-8(4-10(15)5-9)7-19-13-17-11-1-2-16-6-12(11)18-13/h1-6H,7H2,(H,17,18). The van der Waals surface area contributed by atoms with Crippen LogP contribution in [0.25, 0.3) is 11.0 Å². The molecule has 0 aliphatic rings. The summed E-state index contributed by atoms with van der Waals surface area (Å²) in [6, 6.07) is 5.30. The third-order valence-corrected chi connectivity index (χ3v) is 3.50. The Labute approximate surface area is 112 Å². The fourth-order valence-electron chi connectivity index (χ4n) is 1.75. The van der Waals surface area contributed by atoms with E-state index in [1.165, 1.54) is 23.9 Å². The highest BCUT2D eigenvalue weighted by Crippen LogP contribution is 2.23. The number of hydrogen-bond acceptors (Lipinski definition) is 3. The molecule has 2 aromatic heterocycles. The molecular formula is C13H9F2N3S. The van der Waals surface area contributed by atoms with Gasteiger partial charge in [-0.15, -0.1) is 0 Å². The molecule has 0 radical (unpaired) electrons. The number of imidazole rings is 1. The van der Waals surface area contributed by atoms with Crippen LogP contribution in [0.3, 0.4) is 0 Å². The maximum absolute atomic E-state index is 13.0. The largest absolute Gasteiger partial charge is 0.332 e. The van der Waals surface area contributed by atoms with Gasteiger partial charge in [0.1, 0.15) is 11.6 Å². The number of hydrogen-bond donors (Lipinski definition) is 1. The Balaban J connectivity index is 1.78. The molecule has 6 heteroatoms. The summed E-state index contributed by atoms with van der Waals surface area (Å²) in [6.07, 6.45) is 3.35. The minimum Gasteiger partial charge on any atom is -0.332 e. The van der Waals surface area contributed by atoms with Crippen molar-refractivity contribution in [3.63, 3.8) is 0 Å². The third-order valence-electron chi connectivity index (χ3n) is 2.56. The Morgan fingerprint density at radius 2 is 1.95 bits per heavy atom. The van der Waals surface area contributed by atoms with E-state index < -0.39 is 11.6 Å². The quantitative estimate of drug-likeness (QED) is 0.745. The number of nitrogens with one attached hydrogen (secondary N) is 1. The molecule has 2 heterocycles. The second-order valence-electron chi connectivity index (χ2n) is 4.00. The first-order valence-corrected chi connectivity index (χ1v) is 6.57. The number of aromatic amines is 1. The van der Waals surface area contributed by atoms with Gasteiger partial charge in [-0.05, 0) is 23.8 Å². The Bertz CT molecular complexity index is 673. The molecule has 0 aliphatic heterocycles. The summed E-state index contributed by atoms with van der Waals surface area (Å²) >= 11 is 1.39. The Morgan fingerprint density at radius 1 is 1.16 bits per heavy atom. The highest BCUT2D eigenvalue weighted by atomic mass is 32.2. The molecule has 3 aromatic rings. The van der Waals surface area contributed by atoms with Crippen molar-refractivity contribution in [1.29, 1.82) is 0 Å². The number of thioether (sulfide) groups is 1. The smallest absolute Gasteiger partial charge is 0.166 e. The van der Waals surface area contributed by atoms with E-state index in [2.05, 4.69) is 15.0 Å². The second kappa shape index (κ2) is 4.97. The lowest BCUT2D eigenvalue weighted by Gasteiger charge is -2.00. The van der Waals surface area contributed by atoms with E-state index in [4.69, 9.17) is 0 Å². The average Bonchev–Trinajstić information content (AvgIpc) is 2.78. The first-order valence-electron chi connectivity index (χ1n) is 5.58. The van der Waals surface area contributed by atoms with Crippen LogP contribution in [0.15, 0.2) is 41.8 Å². The summed E-state index contributed by atoms with van der Waals surface area (Å²) in [6.45, 7) is 0. The number of halogens is 2. The van der Waals surface area contributed by atoms with E-state index in [1.54, 1.807) is 18.5 Å². The van der Waals surface area contributed by atoms with Crippen LogP contribution in [-0.4, -0.2) is 15.0 Å². The maximum atomic E-state index is 13.0. The minimum absolute atomic E-state index is 0.446. The fourth-order valence-corrected chi connectivity index (χ4v) is 2.56. The third kappa shape index (κ3) is 2.73. The van der Waals surface area contributed by atoms with Gasteiger partial charge in [0.15, 0.2) is 5.16 Å². The Morgan fingerprint density at radius 3 is 2.68 bits per heavy atom. The van der Waals surface area contributed by atoms with Crippen LogP contribution in [0.2, 0.25) is 0 Å². The maximum Gasteiger partial charge on any atom is 0.166 e. The number of benzene rings is 1. The molecule has 0 saturated carbocycles. The van der Waals surface area contributed by atoms with E-state index in [-0.39, 0.29) is 0 Å². The molecule has 0 fully saturated rings. The number of H-pyrrole nitrogens is 1.